The number of rotatable bonds is 4. The maximum Gasteiger partial charge on any atom is 0.284 e. The zero-order valence-electron chi connectivity index (χ0n) is 10.7. The van der Waals surface area contributed by atoms with E-state index in [1.165, 1.54) is 11.5 Å². The molecular formula is C13H13N3O3S. The summed E-state index contributed by atoms with van der Waals surface area (Å²) in [7, 11) is 0. The summed E-state index contributed by atoms with van der Waals surface area (Å²) >= 11 is 1.01. The lowest BCUT2D eigenvalue weighted by Crippen LogP contribution is -2.25. The Balaban J connectivity index is 2.05. The van der Waals surface area contributed by atoms with Gasteiger partial charge in [-0.25, -0.2) is 5.48 Å². The predicted molar refractivity (Wildman–Crippen MR) is 73.7 cm³/mol. The molecular weight excluding hydrogens is 278 g/mol. The van der Waals surface area contributed by atoms with Gasteiger partial charge in [0.1, 0.15) is 0 Å². The Labute approximate surface area is 119 Å². The number of pyridine rings is 1. The zero-order chi connectivity index (χ0) is 14.5. The fourth-order valence-corrected chi connectivity index (χ4v) is 2.44. The van der Waals surface area contributed by atoms with E-state index in [9.17, 15) is 9.59 Å². The minimum absolute atomic E-state index is 0.164. The summed E-state index contributed by atoms with van der Waals surface area (Å²) < 4.78 is 0. The van der Waals surface area contributed by atoms with Gasteiger partial charge in [-0.1, -0.05) is 0 Å². The van der Waals surface area contributed by atoms with Crippen LogP contribution in [0.15, 0.2) is 36.7 Å². The monoisotopic (exact) mass is 291 g/mol. The summed E-state index contributed by atoms with van der Waals surface area (Å²) in [6, 6.07) is 6.52. The highest BCUT2D eigenvalue weighted by molar-refractivity contribution is 7.15. The Kier molecular flexibility index (Phi) is 4.44. The molecule has 0 aliphatic carbocycles. The number of amides is 2. The summed E-state index contributed by atoms with van der Waals surface area (Å²) in [6.45, 7) is 1.86. The first-order valence-corrected chi connectivity index (χ1v) is 6.68. The quantitative estimate of drug-likeness (QED) is 0.591. The van der Waals surface area contributed by atoms with Crippen LogP contribution in [0.4, 0.5) is 0 Å². The highest BCUT2D eigenvalue weighted by atomic mass is 32.1. The van der Waals surface area contributed by atoms with Crippen molar-refractivity contribution in [2.24, 2.45) is 0 Å². The summed E-state index contributed by atoms with van der Waals surface area (Å²) in [5.41, 5.74) is 2.48. The number of hydroxylamine groups is 1. The molecule has 0 aromatic carbocycles. The minimum Gasteiger partial charge on any atom is -0.345 e. The van der Waals surface area contributed by atoms with Crippen LogP contribution in [-0.2, 0) is 0 Å². The van der Waals surface area contributed by atoms with Crippen molar-refractivity contribution in [2.75, 3.05) is 0 Å². The van der Waals surface area contributed by atoms with Crippen LogP contribution < -0.4 is 10.8 Å². The molecule has 0 aliphatic heterocycles. The van der Waals surface area contributed by atoms with Crippen molar-refractivity contribution < 1.29 is 14.8 Å². The molecule has 2 amide bonds. The standard InChI is InChI=1S/C13H13N3O3S/c1-8(9-4-6-14-7-5-9)15-12(17)10-2-3-11(20-10)13(18)16-19/h2-8,19H,1H3,(H,15,17)(H,16,18)/t8-/m1/s1. The Morgan fingerprint density at radius 1 is 1.15 bits per heavy atom. The fraction of sp³-hybridized carbons (Fsp3) is 0.154. The van der Waals surface area contributed by atoms with Gasteiger partial charge < -0.3 is 5.32 Å². The third kappa shape index (κ3) is 3.19. The number of aromatic nitrogens is 1. The summed E-state index contributed by atoms with van der Waals surface area (Å²) in [4.78, 5) is 27.8. The first-order chi connectivity index (χ1) is 9.61. The van der Waals surface area contributed by atoms with E-state index in [1.54, 1.807) is 18.5 Å². The molecule has 2 aromatic rings. The van der Waals surface area contributed by atoms with Crippen LogP contribution >= 0.6 is 11.3 Å². The SMILES string of the molecule is C[C@@H](NC(=O)c1ccc(C(=O)NO)s1)c1ccncc1. The molecule has 0 fully saturated rings. The van der Waals surface area contributed by atoms with E-state index in [0.29, 0.717) is 4.88 Å². The minimum atomic E-state index is -0.628. The maximum atomic E-state index is 12.0. The largest absolute Gasteiger partial charge is 0.345 e. The van der Waals surface area contributed by atoms with Gasteiger partial charge in [0.05, 0.1) is 15.8 Å². The molecule has 0 saturated carbocycles. The highest BCUT2D eigenvalue weighted by Crippen LogP contribution is 2.18. The Hall–Kier alpha value is -2.25. The van der Waals surface area contributed by atoms with E-state index >= 15 is 0 Å². The molecule has 1 atom stereocenters. The van der Waals surface area contributed by atoms with Crippen LogP contribution in [0.2, 0.25) is 0 Å². The van der Waals surface area contributed by atoms with Gasteiger partial charge in [-0.05, 0) is 36.8 Å². The molecule has 6 nitrogen and oxygen atoms in total. The van der Waals surface area contributed by atoms with E-state index in [-0.39, 0.29) is 16.8 Å². The fourth-order valence-electron chi connectivity index (χ4n) is 1.64. The van der Waals surface area contributed by atoms with Crippen LogP contribution in [0.5, 0.6) is 0 Å². The first-order valence-electron chi connectivity index (χ1n) is 5.87. The van der Waals surface area contributed by atoms with Gasteiger partial charge in [-0.3, -0.25) is 19.8 Å². The number of carbonyl (C=O) groups is 2. The second kappa shape index (κ2) is 6.27. The molecule has 0 radical (unpaired) electrons. The highest BCUT2D eigenvalue weighted by Gasteiger charge is 2.15. The van der Waals surface area contributed by atoms with Gasteiger partial charge in [0.15, 0.2) is 0 Å². The van der Waals surface area contributed by atoms with Crippen LogP contribution in [0.3, 0.4) is 0 Å². The summed E-state index contributed by atoms with van der Waals surface area (Å²) in [5, 5.41) is 11.4. The van der Waals surface area contributed by atoms with Gasteiger partial charge in [0, 0.05) is 12.4 Å². The van der Waals surface area contributed by atoms with Crippen molar-refractivity contribution in [1.82, 2.24) is 15.8 Å². The van der Waals surface area contributed by atoms with Gasteiger partial charge in [0.25, 0.3) is 11.8 Å². The zero-order valence-corrected chi connectivity index (χ0v) is 11.5. The summed E-state index contributed by atoms with van der Waals surface area (Å²) in [6.07, 6.45) is 3.32. The number of carbonyl (C=O) groups excluding carboxylic acids is 2. The lowest BCUT2D eigenvalue weighted by molar-refractivity contribution is 0.0711. The predicted octanol–water partition coefficient (Wildman–Crippen LogP) is 1.75. The smallest absolute Gasteiger partial charge is 0.284 e. The summed E-state index contributed by atoms with van der Waals surface area (Å²) in [5.74, 6) is -0.896. The molecule has 3 N–H and O–H groups in total. The van der Waals surface area contributed by atoms with E-state index in [1.807, 2.05) is 19.1 Å². The molecule has 104 valence electrons. The molecule has 2 rings (SSSR count). The Morgan fingerprint density at radius 3 is 2.35 bits per heavy atom. The van der Waals surface area contributed by atoms with Crippen molar-refractivity contribution in [3.8, 4) is 0 Å². The van der Waals surface area contributed by atoms with Crippen LogP contribution in [0.25, 0.3) is 0 Å². The lowest BCUT2D eigenvalue weighted by Gasteiger charge is -2.13. The van der Waals surface area contributed by atoms with Gasteiger partial charge in [-0.15, -0.1) is 11.3 Å². The van der Waals surface area contributed by atoms with Crippen molar-refractivity contribution >= 4 is 23.2 Å². The molecule has 7 heteroatoms. The first kappa shape index (κ1) is 14.2. The van der Waals surface area contributed by atoms with Crippen molar-refractivity contribution in [3.63, 3.8) is 0 Å². The second-order valence-electron chi connectivity index (χ2n) is 4.08. The van der Waals surface area contributed by atoms with Crippen LogP contribution in [0, 0.1) is 0 Å². The maximum absolute atomic E-state index is 12.0. The molecule has 0 bridgehead atoms. The third-order valence-electron chi connectivity index (χ3n) is 2.71. The van der Waals surface area contributed by atoms with Crippen LogP contribution in [0.1, 0.15) is 37.9 Å². The van der Waals surface area contributed by atoms with Crippen LogP contribution in [-0.4, -0.2) is 22.0 Å². The number of thiophene rings is 1. The number of nitrogens with zero attached hydrogens (tertiary/aromatic N) is 1. The lowest BCUT2D eigenvalue weighted by atomic mass is 10.1. The molecule has 0 aliphatic rings. The Morgan fingerprint density at radius 2 is 1.75 bits per heavy atom. The van der Waals surface area contributed by atoms with E-state index in [4.69, 9.17) is 5.21 Å². The molecule has 2 aromatic heterocycles. The number of nitrogens with one attached hydrogen (secondary N) is 2. The van der Waals surface area contributed by atoms with Gasteiger partial charge in [0.2, 0.25) is 0 Å². The average molecular weight is 291 g/mol. The molecule has 20 heavy (non-hydrogen) atoms. The number of hydrogen-bond acceptors (Lipinski definition) is 5. The molecule has 0 spiro atoms. The van der Waals surface area contributed by atoms with Crippen molar-refractivity contribution in [3.05, 3.63) is 52.0 Å². The van der Waals surface area contributed by atoms with Crippen molar-refractivity contribution in [2.45, 2.75) is 13.0 Å². The number of hydrogen-bond donors (Lipinski definition) is 3. The molecule has 0 saturated heterocycles. The van der Waals surface area contributed by atoms with E-state index in [2.05, 4.69) is 10.3 Å². The molecule has 0 unspecified atom stereocenters. The molecule has 2 heterocycles. The topological polar surface area (TPSA) is 91.3 Å². The van der Waals surface area contributed by atoms with Gasteiger partial charge >= 0.3 is 0 Å². The third-order valence-corrected chi connectivity index (χ3v) is 3.79. The second-order valence-corrected chi connectivity index (χ2v) is 5.16. The van der Waals surface area contributed by atoms with E-state index in [0.717, 1.165) is 16.9 Å². The average Bonchev–Trinajstić information content (AvgIpc) is 2.97. The Bertz CT molecular complexity index is 612. The van der Waals surface area contributed by atoms with Gasteiger partial charge in [-0.2, -0.15) is 0 Å². The van der Waals surface area contributed by atoms with E-state index < -0.39 is 5.91 Å². The normalized spacial score (nSPS) is 11.7. The van der Waals surface area contributed by atoms with Crippen molar-refractivity contribution in [1.29, 1.82) is 0 Å².